The molecule has 0 saturated heterocycles. The molecule has 5 heteroatoms. The van der Waals surface area contributed by atoms with Gasteiger partial charge in [0.15, 0.2) is 5.82 Å². The molecule has 0 fully saturated rings. The number of anilines is 2. The van der Waals surface area contributed by atoms with Crippen LogP contribution >= 0.6 is 0 Å². The molecule has 136 valence electrons. The van der Waals surface area contributed by atoms with Gasteiger partial charge in [-0.3, -0.25) is 9.89 Å². The number of amides is 1. The number of hydrogen-bond donors (Lipinski definition) is 3. The fraction of sp³-hybridized carbons (Fsp3) is 0.0435. The Balaban J connectivity index is 1.59. The molecule has 28 heavy (non-hydrogen) atoms. The van der Waals surface area contributed by atoms with Crippen molar-refractivity contribution in [3.8, 4) is 11.8 Å². The van der Waals surface area contributed by atoms with Crippen molar-refractivity contribution in [2.45, 2.75) is 6.92 Å². The number of H-pyrrole nitrogens is 1. The molecule has 4 rings (SSSR count). The normalized spacial score (nSPS) is 10.3. The summed E-state index contributed by atoms with van der Waals surface area (Å²) in [5.74, 6) is 6.56. The molecule has 1 amide bonds. The minimum atomic E-state index is -0.148. The molecule has 0 atom stereocenters. The van der Waals surface area contributed by atoms with Gasteiger partial charge < -0.3 is 11.1 Å². The summed E-state index contributed by atoms with van der Waals surface area (Å²) in [7, 11) is 0. The lowest BCUT2D eigenvalue weighted by Gasteiger charge is -2.06. The van der Waals surface area contributed by atoms with Crippen LogP contribution in [0, 0.1) is 18.8 Å². The van der Waals surface area contributed by atoms with Crippen LogP contribution in [0.3, 0.4) is 0 Å². The minimum absolute atomic E-state index is 0.148. The number of nitrogens with zero attached hydrogens (tertiary/aromatic N) is 1. The second kappa shape index (κ2) is 7.29. The number of nitrogens with one attached hydrogen (secondary N) is 2. The van der Waals surface area contributed by atoms with Gasteiger partial charge >= 0.3 is 0 Å². The lowest BCUT2D eigenvalue weighted by atomic mass is 10.1. The molecule has 4 aromatic rings. The van der Waals surface area contributed by atoms with E-state index in [1.165, 1.54) is 0 Å². The van der Waals surface area contributed by atoms with Gasteiger partial charge in [-0.2, -0.15) is 5.10 Å². The first-order valence-corrected chi connectivity index (χ1v) is 8.83. The van der Waals surface area contributed by atoms with E-state index < -0.39 is 0 Å². The van der Waals surface area contributed by atoms with Crippen molar-refractivity contribution in [3.05, 3.63) is 89.0 Å². The predicted molar refractivity (Wildman–Crippen MR) is 112 cm³/mol. The minimum Gasteiger partial charge on any atom is -0.382 e. The molecule has 0 unspecified atom stereocenters. The zero-order chi connectivity index (χ0) is 19.5. The Morgan fingerprint density at radius 2 is 1.86 bits per heavy atom. The zero-order valence-corrected chi connectivity index (χ0v) is 15.3. The number of aromatic amines is 1. The third kappa shape index (κ3) is 3.57. The quantitative estimate of drug-likeness (QED) is 0.467. The van der Waals surface area contributed by atoms with E-state index in [1.807, 2.05) is 67.6 Å². The number of carbonyl (C=O) groups is 1. The SMILES string of the molecule is Cc1cccc(C(=O)Nc2cccc(C#Cc3cccc4[nH]nc(N)c34)c2)c1. The van der Waals surface area contributed by atoms with E-state index in [4.69, 9.17) is 5.73 Å². The van der Waals surface area contributed by atoms with Crippen molar-refractivity contribution in [1.82, 2.24) is 10.2 Å². The topological polar surface area (TPSA) is 83.8 Å². The van der Waals surface area contributed by atoms with Crippen molar-refractivity contribution in [2.75, 3.05) is 11.1 Å². The van der Waals surface area contributed by atoms with Crippen molar-refractivity contribution >= 4 is 28.3 Å². The maximum absolute atomic E-state index is 12.4. The maximum atomic E-state index is 12.4. The third-order valence-electron chi connectivity index (χ3n) is 4.36. The highest BCUT2D eigenvalue weighted by molar-refractivity contribution is 6.04. The lowest BCUT2D eigenvalue weighted by molar-refractivity contribution is 0.102. The van der Waals surface area contributed by atoms with Crippen molar-refractivity contribution in [3.63, 3.8) is 0 Å². The van der Waals surface area contributed by atoms with Crippen LogP contribution in [0.2, 0.25) is 0 Å². The number of benzene rings is 3. The van der Waals surface area contributed by atoms with E-state index in [0.29, 0.717) is 17.1 Å². The molecule has 0 radical (unpaired) electrons. The molecule has 1 aromatic heterocycles. The van der Waals surface area contributed by atoms with Crippen LogP contribution in [0.1, 0.15) is 27.0 Å². The number of nitrogen functional groups attached to an aromatic ring is 1. The second-order valence-electron chi connectivity index (χ2n) is 6.49. The van der Waals surface area contributed by atoms with E-state index in [0.717, 1.165) is 27.6 Å². The molecule has 3 aromatic carbocycles. The Kier molecular flexibility index (Phi) is 4.53. The van der Waals surface area contributed by atoms with Gasteiger partial charge in [0.1, 0.15) is 0 Å². The predicted octanol–water partition coefficient (Wildman–Crippen LogP) is 4.11. The Morgan fingerprint density at radius 1 is 1.04 bits per heavy atom. The number of nitrogens with two attached hydrogens (primary N) is 1. The van der Waals surface area contributed by atoms with Gasteiger partial charge in [0.05, 0.1) is 10.9 Å². The van der Waals surface area contributed by atoms with E-state index in [2.05, 4.69) is 27.4 Å². The van der Waals surface area contributed by atoms with Crippen LogP contribution in [0.5, 0.6) is 0 Å². The summed E-state index contributed by atoms with van der Waals surface area (Å²) in [6, 6.07) is 20.6. The Morgan fingerprint density at radius 3 is 2.71 bits per heavy atom. The molecule has 0 saturated carbocycles. The van der Waals surface area contributed by atoms with Crippen molar-refractivity contribution in [1.29, 1.82) is 0 Å². The highest BCUT2D eigenvalue weighted by atomic mass is 16.1. The smallest absolute Gasteiger partial charge is 0.255 e. The van der Waals surface area contributed by atoms with Gasteiger partial charge in [0.2, 0.25) is 0 Å². The molecule has 0 bridgehead atoms. The summed E-state index contributed by atoms with van der Waals surface area (Å²) in [5.41, 5.74) is 10.7. The number of fused-ring (bicyclic) bond motifs is 1. The summed E-state index contributed by atoms with van der Waals surface area (Å²) >= 11 is 0. The summed E-state index contributed by atoms with van der Waals surface area (Å²) < 4.78 is 0. The van der Waals surface area contributed by atoms with Crippen LogP contribution in [0.15, 0.2) is 66.7 Å². The van der Waals surface area contributed by atoms with Gasteiger partial charge in [-0.05, 0) is 49.4 Å². The summed E-state index contributed by atoms with van der Waals surface area (Å²) in [5, 5.41) is 10.7. The first-order chi connectivity index (χ1) is 13.6. The molecule has 4 N–H and O–H groups in total. The van der Waals surface area contributed by atoms with Gasteiger partial charge in [-0.15, -0.1) is 0 Å². The van der Waals surface area contributed by atoms with E-state index in [1.54, 1.807) is 6.07 Å². The molecule has 1 heterocycles. The lowest BCUT2D eigenvalue weighted by Crippen LogP contribution is -2.11. The van der Waals surface area contributed by atoms with E-state index >= 15 is 0 Å². The first kappa shape index (κ1) is 17.4. The van der Waals surface area contributed by atoms with Gasteiger partial charge in [0, 0.05) is 22.4 Å². The van der Waals surface area contributed by atoms with Gasteiger partial charge in [-0.25, -0.2) is 0 Å². The van der Waals surface area contributed by atoms with Gasteiger partial charge in [0.25, 0.3) is 5.91 Å². The first-order valence-electron chi connectivity index (χ1n) is 8.83. The number of carbonyl (C=O) groups excluding carboxylic acids is 1. The monoisotopic (exact) mass is 366 g/mol. The molecule has 5 nitrogen and oxygen atoms in total. The average Bonchev–Trinajstić information content (AvgIpc) is 3.08. The Hall–Kier alpha value is -4.04. The maximum Gasteiger partial charge on any atom is 0.255 e. The standard InChI is InChI=1S/C23H18N4O/c1-15-5-2-8-18(13-15)23(28)25-19-9-3-6-16(14-19)11-12-17-7-4-10-20-21(17)22(24)27-26-20/h2-10,13-14H,1H3,(H,25,28)(H3,24,26,27). The zero-order valence-electron chi connectivity index (χ0n) is 15.3. The van der Waals surface area contributed by atoms with Crippen LogP contribution in [-0.2, 0) is 0 Å². The Labute approximate surface area is 162 Å². The van der Waals surface area contributed by atoms with Crippen molar-refractivity contribution in [2.24, 2.45) is 0 Å². The summed E-state index contributed by atoms with van der Waals surface area (Å²) in [6.45, 7) is 1.96. The highest BCUT2D eigenvalue weighted by Gasteiger charge is 2.07. The van der Waals surface area contributed by atoms with E-state index in [9.17, 15) is 4.79 Å². The number of rotatable bonds is 2. The number of aromatic nitrogens is 2. The molecule has 0 aliphatic heterocycles. The summed E-state index contributed by atoms with van der Waals surface area (Å²) in [6.07, 6.45) is 0. The molecular weight excluding hydrogens is 348 g/mol. The van der Waals surface area contributed by atoms with Gasteiger partial charge in [-0.1, -0.05) is 41.7 Å². The number of hydrogen-bond acceptors (Lipinski definition) is 3. The van der Waals surface area contributed by atoms with Crippen LogP contribution in [-0.4, -0.2) is 16.1 Å². The highest BCUT2D eigenvalue weighted by Crippen LogP contribution is 2.21. The number of aryl methyl sites for hydroxylation is 1. The van der Waals surface area contributed by atoms with Crippen LogP contribution < -0.4 is 11.1 Å². The molecule has 0 spiro atoms. The third-order valence-corrected chi connectivity index (χ3v) is 4.36. The second-order valence-corrected chi connectivity index (χ2v) is 6.49. The summed E-state index contributed by atoms with van der Waals surface area (Å²) in [4.78, 5) is 12.4. The van der Waals surface area contributed by atoms with Crippen molar-refractivity contribution < 1.29 is 4.79 Å². The molecule has 0 aliphatic rings. The molecule has 0 aliphatic carbocycles. The molecular formula is C23H18N4O. The fourth-order valence-corrected chi connectivity index (χ4v) is 3.01. The average molecular weight is 366 g/mol. The fourth-order valence-electron chi connectivity index (χ4n) is 3.01. The van der Waals surface area contributed by atoms with E-state index in [-0.39, 0.29) is 5.91 Å². The van der Waals surface area contributed by atoms with Crippen LogP contribution in [0.4, 0.5) is 11.5 Å². The largest absolute Gasteiger partial charge is 0.382 e. The Bertz CT molecular complexity index is 1240. The van der Waals surface area contributed by atoms with Crippen LogP contribution in [0.25, 0.3) is 10.9 Å².